The number of unbranched alkanes of at least 4 members (excludes halogenated alkanes) is 26. The molecule has 0 aliphatic heterocycles. The van der Waals surface area contributed by atoms with E-state index in [0.29, 0.717) is 45.6 Å². The highest BCUT2D eigenvalue weighted by Crippen LogP contribution is 2.30. The summed E-state index contributed by atoms with van der Waals surface area (Å²) in [7, 11) is 0. The monoisotopic (exact) mass is 1210 g/mol. The molecular weight excluding hydrogens is 1070 g/mol. The first-order chi connectivity index (χ1) is 40.4. The number of hydrogen-bond donors (Lipinski definition) is 4. The van der Waals surface area contributed by atoms with E-state index in [2.05, 4.69) is 41.2 Å². The van der Waals surface area contributed by atoms with Gasteiger partial charge in [-0.3, -0.25) is 28.8 Å². The minimum Gasteiger partial charge on any atom is -0.481 e. The van der Waals surface area contributed by atoms with Gasteiger partial charge in [-0.05, 0) is 165 Å². The van der Waals surface area contributed by atoms with Gasteiger partial charge in [0.2, 0.25) is 11.8 Å². The largest absolute Gasteiger partial charge is 0.481 e. The van der Waals surface area contributed by atoms with E-state index in [9.17, 15) is 39.0 Å². The Morgan fingerprint density at radius 2 is 0.659 bits per heavy atom. The molecule has 2 amide bonds. The van der Waals surface area contributed by atoms with Crippen LogP contribution in [0.5, 0.6) is 0 Å². The number of hydrogen-bond acceptors (Lipinski definition) is 10. The van der Waals surface area contributed by atoms with Crippen molar-refractivity contribution in [1.29, 1.82) is 0 Å². The third-order valence-corrected chi connectivity index (χ3v) is 17.7. The van der Waals surface area contributed by atoms with Crippen molar-refractivity contribution in [2.75, 3.05) is 59.0 Å². The van der Waals surface area contributed by atoms with Gasteiger partial charge in [-0.1, -0.05) is 188 Å². The Bertz CT molecular complexity index is 1700. The van der Waals surface area contributed by atoms with Gasteiger partial charge in [0.25, 0.3) is 0 Å². The smallest absolute Gasteiger partial charge is 0.311 e. The van der Waals surface area contributed by atoms with Crippen LogP contribution in [-0.4, -0.2) is 121 Å². The summed E-state index contributed by atoms with van der Waals surface area (Å²) in [6.07, 6.45) is 41.2. The van der Waals surface area contributed by atoms with Crippen LogP contribution in [0.1, 0.15) is 333 Å². The number of carbonyl (C=O) groups excluding carboxylic acids is 4. The fourth-order valence-electron chi connectivity index (χ4n) is 11.0. The van der Waals surface area contributed by atoms with Crippen molar-refractivity contribution in [3.63, 3.8) is 0 Å². The number of carboxylic acid groups (broad SMARTS) is 2. The molecule has 0 aliphatic carbocycles. The van der Waals surface area contributed by atoms with Crippen LogP contribution >= 0.6 is 0 Å². The minimum atomic E-state index is -0.792. The van der Waals surface area contributed by atoms with Gasteiger partial charge in [0.1, 0.15) is 12.5 Å². The van der Waals surface area contributed by atoms with E-state index in [-0.39, 0.29) is 36.3 Å². The van der Waals surface area contributed by atoms with Crippen LogP contribution in [0.3, 0.4) is 0 Å². The fourth-order valence-corrected chi connectivity index (χ4v) is 11.0. The molecule has 85 heavy (non-hydrogen) atoms. The number of nitrogens with zero attached hydrogens (tertiary/aromatic N) is 2. The minimum absolute atomic E-state index is 0.00509. The van der Waals surface area contributed by atoms with Gasteiger partial charge in [-0.25, -0.2) is 0 Å². The van der Waals surface area contributed by atoms with Crippen LogP contribution in [0.15, 0.2) is 0 Å². The van der Waals surface area contributed by atoms with Crippen LogP contribution in [-0.2, 0) is 38.2 Å². The summed E-state index contributed by atoms with van der Waals surface area (Å²) < 4.78 is 12.0. The SMILES string of the molecule is CCCCCCCCCCCOC(=O)C(C)(C)CCCCN(CCCCCCC(C)(C)C(=O)O)CCNC(=O)CC(=O)NCCN(CCCCCCC(C)(C)C(=O)OC(CCCCCCCC)CCCCCCCC)CCCCC(C)(C)C(=O)O. The van der Waals surface area contributed by atoms with E-state index in [1.165, 1.54) is 109 Å². The molecule has 0 bridgehead atoms. The average Bonchev–Trinajstić information content (AvgIpc) is 3.67. The second-order valence-corrected chi connectivity index (χ2v) is 28.1. The molecule has 0 atom stereocenters. The number of carboxylic acids is 2. The van der Waals surface area contributed by atoms with Gasteiger partial charge in [0.15, 0.2) is 0 Å². The zero-order valence-corrected chi connectivity index (χ0v) is 57.3. The summed E-state index contributed by atoms with van der Waals surface area (Å²) in [5.74, 6) is -2.40. The number of esters is 2. The lowest BCUT2D eigenvalue weighted by Crippen LogP contribution is -2.40. The number of aliphatic carboxylic acids is 2. The molecule has 14 nitrogen and oxygen atoms in total. The van der Waals surface area contributed by atoms with Crippen LogP contribution in [0.25, 0.3) is 0 Å². The molecule has 4 N–H and O–H groups in total. The van der Waals surface area contributed by atoms with Crippen LogP contribution < -0.4 is 10.6 Å². The van der Waals surface area contributed by atoms with E-state index in [0.717, 1.165) is 155 Å². The molecule has 0 radical (unpaired) electrons. The number of rotatable bonds is 61. The summed E-state index contributed by atoms with van der Waals surface area (Å²) in [6.45, 7) is 27.6. The normalized spacial score (nSPS) is 12.4. The first kappa shape index (κ1) is 81.7. The fraction of sp³-hybridized carbons (Fsp3) is 0.915. The molecule has 0 heterocycles. The Morgan fingerprint density at radius 3 is 1.04 bits per heavy atom. The summed E-state index contributed by atoms with van der Waals surface area (Å²) in [6, 6.07) is 0. The van der Waals surface area contributed by atoms with E-state index >= 15 is 0 Å². The third kappa shape index (κ3) is 45.6. The molecule has 0 saturated carbocycles. The maximum absolute atomic E-state index is 13.6. The Morgan fingerprint density at radius 1 is 0.365 bits per heavy atom. The first-order valence-electron chi connectivity index (χ1n) is 35.3. The first-order valence-corrected chi connectivity index (χ1v) is 35.3. The summed E-state index contributed by atoms with van der Waals surface area (Å²) in [4.78, 5) is 80.9. The molecule has 0 fully saturated rings. The lowest BCUT2D eigenvalue weighted by Gasteiger charge is -2.27. The second-order valence-electron chi connectivity index (χ2n) is 28.1. The molecule has 0 saturated heterocycles. The van der Waals surface area contributed by atoms with Gasteiger partial charge in [-0.2, -0.15) is 0 Å². The van der Waals surface area contributed by atoms with Crippen LogP contribution in [0, 0.1) is 21.7 Å². The highest BCUT2D eigenvalue weighted by molar-refractivity contribution is 5.96. The summed E-state index contributed by atoms with van der Waals surface area (Å²) >= 11 is 0. The average molecular weight is 1210 g/mol. The molecule has 0 aromatic rings. The maximum atomic E-state index is 13.6. The van der Waals surface area contributed by atoms with Crippen LogP contribution in [0.4, 0.5) is 0 Å². The van der Waals surface area contributed by atoms with Crippen molar-refractivity contribution in [3.05, 3.63) is 0 Å². The van der Waals surface area contributed by atoms with Gasteiger partial charge >= 0.3 is 23.9 Å². The molecule has 0 aliphatic rings. The van der Waals surface area contributed by atoms with E-state index in [1.807, 2.05) is 27.7 Å². The van der Waals surface area contributed by atoms with E-state index in [4.69, 9.17) is 9.47 Å². The summed E-state index contributed by atoms with van der Waals surface area (Å²) in [5.41, 5.74) is -2.63. The van der Waals surface area contributed by atoms with Crippen molar-refractivity contribution in [2.24, 2.45) is 21.7 Å². The standard InChI is InChI=1S/C71H136N4O10/c1-12-15-18-21-24-25-26-33-44-59-84-66(82)70(8,9)50-39-43-56-75(53-40-31-29-36-47-68(4,5)64(78)79)58-52-73-63(77)60-62(76)72-51-57-74(55-42-38-48-69(6,7)65(80)81)54-41-32-30-37-49-71(10,11)67(83)85-61(45-34-27-22-19-16-13-2)46-35-28-23-20-17-14-3/h61H,12-60H2,1-11H3,(H,72,76)(H,73,77)(H,78,79)(H,80,81). The van der Waals surface area contributed by atoms with Crippen molar-refractivity contribution < 1.29 is 48.5 Å². The molecule has 14 heteroatoms. The highest BCUT2D eigenvalue weighted by atomic mass is 16.5. The van der Waals surface area contributed by atoms with Crippen molar-refractivity contribution in [1.82, 2.24) is 20.4 Å². The molecule has 0 aromatic carbocycles. The van der Waals surface area contributed by atoms with Crippen molar-refractivity contribution >= 4 is 35.7 Å². The highest BCUT2D eigenvalue weighted by Gasteiger charge is 2.32. The predicted octanol–water partition coefficient (Wildman–Crippen LogP) is 17.2. The Hall–Kier alpha value is -3.26. The Labute approximate surface area is 522 Å². The van der Waals surface area contributed by atoms with Crippen LogP contribution in [0.2, 0.25) is 0 Å². The lowest BCUT2D eigenvalue weighted by molar-refractivity contribution is -0.161. The van der Waals surface area contributed by atoms with E-state index in [1.54, 1.807) is 27.7 Å². The molecule has 0 aromatic heterocycles. The second kappa shape index (κ2) is 50.6. The number of carbonyl (C=O) groups is 6. The van der Waals surface area contributed by atoms with E-state index < -0.39 is 33.6 Å². The Kier molecular flexibility index (Phi) is 48.6. The molecule has 0 rings (SSSR count). The summed E-state index contributed by atoms with van der Waals surface area (Å²) in [5, 5.41) is 25.1. The Balaban J connectivity index is 5.26. The topological polar surface area (TPSA) is 192 Å². The van der Waals surface area contributed by atoms with Crippen molar-refractivity contribution in [2.45, 2.75) is 339 Å². The zero-order chi connectivity index (χ0) is 63.7. The predicted molar refractivity (Wildman–Crippen MR) is 352 cm³/mol. The zero-order valence-electron chi connectivity index (χ0n) is 57.3. The maximum Gasteiger partial charge on any atom is 0.311 e. The van der Waals surface area contributed by atoms with Gasteiger partial charge < -0.3 is 40.1 Å². The number of ether oxygens (including phenoxy) is 2. The van der Waals surface area contributed by atoms with Gasteiger partial charge in [0.05, 0.1) is 28.3 Å². The molecular formula is C71H136N4O10. The van der Waals surface area contributed by atoms with Gasteiger partial charge in [0, 0.05) is 26.2 Å². The molecule has 0 spiro atoms. The number of amides is 2. The van der Waals surface area contributed by atoms with Gasteiger partial charge in [-0.15, -0.1) is 0 Å². The molecule has 500 valence electrons. The van der Waals surface area contributed by atoms with Crippen molar-refractivity contribution in [3.8, 4) is 0 Å². The quantitative estimate of drug-likeness (QED) is 0.0256. The number of nitrogens with one attached hydrogen (secondary N) is 2. The third-order valence-electron chi connectivity index (χ3n) is 17.7. The molecule has 0 unspecified atom stereocenters. The lowest BCUT2D eigenvalue weighted by atomic mass is 9.86.